The first-order valence-corrected chi connectivity index (χ1v) is 11.2. The second-order valence-corrected chi connectivity index (χ2v) is 8.06. The molecule has 7 aromatic rings. The number of fused-ring (bicyclic) bond motifs is 8. The Hall–Kier alpha value is -4.43. The molecular formula is C31H16FIrN3O-2. The van der Waals surface area contributed by atoms with E-state index in [2.05, 4.69) is 26.9 Å². The zero-order valence-electron chi connectivity index (χ0n) is 19.2. The Labute approximate surface area is 225 Å². The number of rotatable bonds is 1. The summed E-state index contributed by atoms with van der Waals surface area (Å²) < 4.78 is 18.7. The van der Waals surface area contributed by atoms with Gasteiger partial charge in [-0.25, -0.2) is 4.85 Å². The third-order valence-electron chi connectivity index (χ3n) is 5.94. The van der Waals surface area contributed by atoms with E-state index in [9.17, 15) is 4.39 Å². The monoisotopic (exact) mass is 658 g/mol. The molecule has 1 radical (unpaired) electrons. The van der Waals surface area contributed by atoms with Crippen molar-refractivity contribution in [1.82, 2.24) is 9.97 Å². The topological polar surface area (TPSA) is 43.3 Å². The molecule has 0 saturated carbocycles. The van der Waals surface area contributed by atoms with Gasteiger partial charge in [0.2, 0.25) is 0 Å². The number of furan rings is 1. The summed E-state index contributed by atoms with van der Waals surface area (Å²) >= 11 is 0. The predicted octanol–water partition coefficient (Wildman–Crippen LogP) is 8.32. The summed E-state index contributed by atoms with van der Waals surface area (Å²) in [5, 5.41) is 4.73. The third-order valence-corrected chi connectivity index (χ3v) is 5.94. The van der Waals surface area contributed by atoms with Crippen molar-refractivity contribution in [3.05, 3.63) is 127 Å². The summed E-state index contributed by atoms with van der Waals surface area (Å²) in [6.07, 6.45) is 3.49. The van der Waals surface area contributed by atoms with Crippen molar-refractivity contribution in [3.63, 3.8) is 0 Å². The summed E-state index contributed by atoms with van der Waals surface area (Å²) in [5.74, 6) is -0.278. The van der Waals surface area contributed by atoms with Crippen LogP contribution < -0.4 is 0 Å². The fraction of sp³-hybridized carbons (Fsp3) is 0. The van der Waals surface area contributed by atoms with Crippen molar-refractivity contribution < 1.29 is 28.9 Å². The number of hydrogen-bond donors (Lipinski definition) is 0. The molecule has 0 bridgehead atoms. The average molecular weight is 658 g/mol. The zero-order valence-corrected chi connectivity index (χ0v) is 21.6. The second kappa shape index (κ2) is 10.3. The quantitative estimate of drug-likeness (QED) is 0.132. The molecule has 0 atom stereocenters. The number of benzene rings is 4. The van der Waals surface area contributed by atoms with Crippen LogP contribution in [0.2, 0.25) is 0 Å². The molecule has 3 heterocycles. The molecule has 0 saturated heterocycles. The van der Waals surface area contributed by atoms with Crippen LogP contribution in [0.1, 0.15) is 0 Å². The maximum absolute atomic E-state index is 12.6. The minimum Gasteiger partial charge on any atom is -0.467 e. The SMILES string of the molecule is Fc1c[c-]c(-c2ccccn2)cc1.[C-]#[N+]c1cccc2oc3c4ccc[c-]c4c4ncccc4c3c12.[Ir]. The van der Waals surface area contributed by atoms with Crippen molar-refractivity contribution in [2.24, 2.45) is 0 Å². The van der Waals surface area contributed by atoms with Gasteiger partial charge in [0, 0.05) is 49.1 Å². The normalized spacial score (nSPS) is 10.6. The molecule has 179 valence electrons. The minimum atomic E-state index is -0.278. The largest absolute Gasteiger partial charge is 0.467 e. The van der Waals surface area contributed by atoms with E-state index in [1.165, 1.54) is 12.1 Å². The van der Waals surface area contributed by atoms with Crippen molar-refractivity contribution in [3.8, 4) is 11.3 Å². The van der Waals surface area contributed by atoms with E-state index in [0.717, 1.165) is 54.9 Å². The molecule has 0 N–H and O–H groups in total. The predicted molar refractivity (Wildman–Crippen MR) is 140 cm³/mol. The second-order valence-electron chi connectivity index (χ2n) is 8.06. The Balaban J connectivity index is 0.000000172. The number of hydrogen-bond acceptors (Lipinski definition) is 3. The average Bonchev–Trinajstić information content (AvgIpc) is 3.35. The minimum absolute atomic E-state index is 0. The van der Waals surface area contributed by atoms with E-state index in [4.69, 9.17) is 11.0 Å². The van der Waals surface area contributed by atoms with Crippen LogP contribution >= 0.6 is 0 Å². The molecule has 0 aliphatic carbocycles. The Morgan fingerprint density at radius 1 is 0.811 bits per heavy atom. The summed E-state index contributed by atoms with van der Waals surface area (Å²) in [4.78, 5) is 12.3. The molecule has 4 aromatic carbocycles. The van der Waals surface area contributed by atoms with E-state index >= 15 is 0 Å². The Morgan fingerprint density at radius 3 is 2.46 bits per heavy atom. The Morgan fingerprint density at radius 2 is 1.68 bits per heavy atom. The molecule has 0 unspecified atom stereocenters. The van der Waals surface area contributed by atoms with Gasteiger partial charge in [0.1, 0.15) is 5.58 Å². The number of halogens is 1. The maximum Gasteiger partial charge on any atom is 0.198 e. The fourth-order valence-electron chi connectivity index (χ4n) is 4.39. The standard InChI is InChI=1S/C20H9N2O.C11H7FN.Ir/c1-21-15-9-4-10-16-18(15)17-14-8-5-11-22-19(14)12-6-2-3-7-13(12)20(17)23-16;12-10-6-4-9(5-7-10)11-3-1-2-8-13-11;/h2-5,7-11H;1-4,6-8H;/q2*-1;. The first-order valence-electron chi connectivity index (χ1n) is 11.2. The van der Waals surface area contributed by atoms with Gasteiger partial charge in [-0.1, -0.05) is 35.7 Å². The van der Waals surface area contributed by atoms with Gasteiger partial charge in [-0.15, -0.1) is 59.5 Å². The van der Waals surface area contributed by atoms with Crippen molar-refractivity contribution in [2.75, 3.05) is 0 Å². The van der Waals surface area contributed by atoms with Crippen LogP contribution in [0.4, 0.5) is 10.1 Å². The number of pyridine rings is 2. The van der Waals surface area contributed by atoms with Crippen molar-refractivity contribution in [2.45, 2.75) is 0 Å². The van der Waals surface area contributed by atoms with Gasteiger partial charge in [0.15, 0.2) is 5.69 Å². The van der Waals surface area contributed by atoms with Crippen LogP contribution in [0, 0.1) is 24.5 Å². The van der Waals surface area contributed by atoms with Crippen LogP contribution in [0.25, 0.3) is 59.7 Å². The van der Waals surface area contributed by atoms with E-state index in [1.54, 1.807) is 18.5 Å². The van der Waals surface area contributed by atoms with Gasteiger partial charge in [0.05, 0.1) is 12.2 Å². The van der Waals surface area contributed by atoms with Crippen LogP contribution in [0.3, 0.4) is 0 Å². The third kappa shape index (κ3) is 4.36. The summed E-state index contributed by atoms with van der Waals surface area (Å²) in [6.45, 7) is 7.47. The van der Waals surface area contributed by atoms with E-state index < -0.39 is 0 Å². The van der Waals surface area contributed by atoms with Gasteiger partial charge in [-0.3, -0.25) is 4.39 Å². The van der Waals surface area contributed by atoms with Crippen molar-refractivity contribution >= 4 is 49.3 Å². The first kappa shape index (κ1) is 24.3. The van der Waals surface area contributed by atoms with Gasteiger partial charge >= 0.3 is 0 Å². The summed E-state index contributed by atoms with van der Waals surface area (Å²) in [5.41, 5.74) is 4.63. The fourth-order valence-corrected chi connectivity index (χ4v) is 4.39. The molecule has 37 heavy (non-hydrogen) atoms. The zero-order chi connectivity index (χ0) is 24.5. The number of aromatic nitrogens is 2. The molecule has 6 heteroatoms. The van der Waals surface area contributed by atoms with Gasteiger partial charge in [-0.2, -0.15) is 0 Å². The van der Waals surface area contributed by atoms with Crippen molar-refractivity contribution in [1.29, 1.82) is 0 Å². The maximum atomic E-state index is 12.6. The van der Waals surface area contributed by atoms with Crippen LogP contribution in [0.15, 0.2) is 102 Å². The molecule has 7 rings (SSSR count). The molecule has 0 aliphatic heterocycles. The molecule has 4 nitrogen and oxygen atoms in total. The molecule has 0 amide bonds. The number of nitrogens with zero attached hydrogens (tertiary/aromatic N) is 3. The molecular weight excluding hydrogens is 642 g/mol. The van der Waals surface area contributed by atoms with Gasteiger partial charge in [-0.05, 0) is 34.8 Å². The van der Waals surface area contributed by atoms with Gasteiger partial charge in [0.25, 0.3) is 0 Å². The van der Waals surface area contributed by atoms with Crippen LogP contribution in [0.5, 0.6) is 0 Å². The van der Waals surface area contributed by atoms with Crippen LogP contribution in [-0.4, -0.2) is 9.97 Å². The first-order chi connectivity index (χ1) is 17.7. The Bertz CT molecular complexity index is 1910. The van der Waals surface area contributed by atoms with E-state index in [-0.39, 0.29) is 25.9 Å². The molecule has 3 aromatic heterocycles. The molecule has 0 aliphatic rings. The van der Waals surface area contributed by atoms with E-state index in [0.29, 0.717) is 5.69 Å². The smallest absolute Gasteiger partial charge is 0.198 e. The summed E-state index contributed by atoms with van der Waals surface area (Å²) in [7, 11) is 0. The molecule has 0 spiro atoms. The van der Waals surface area contributed by atoms with Gasteiger partial charge < -0.3 is 14.4 Å². The van der Waals surface area contributed by atoms with E-state index in [1.807, 2.05) is 66.7 Å². The summed E-state index contributed by atoms with van der Waals surface area (Å²) in [6, 6.07) is 31.4. The Kier molecular flexibility index (Phi) is 6.74. The van der Waals surface area contributed by atoms with Crippen LogP contribution in [-0.2, 0) is 20.1 Å². The molecule has 0 fully saturated rings.